The van der Waals surface area contributed by atoms with Crippen molar-refractivity contribution in [2.75, 3.05) is 57.7 Å². The lowest BCUT2D eigenvalue weighted by atomic mass is 10.1. The van der Waals surface area contributed by atoms with Crippen LogP contribution in [0.25, 0.3) is 0 Å². The highest BCUT2D eigenvalue weighted by Gasteiger charge is 2.25. The summed E-state index contributed by atoms with van der Waals surface area (Å²) in [7, 11) is 4.33. The summed E-state index contributed by atoms with van der Waals surface area (Å²) in [5, 5.41) is 2.93. The first-order valence-corrected chi connectivity index (χ1v) is 11.8. The molecule has 0 saturated carbocycles. The van der Waals surface area contributed by atoms with Crippen molar-refractivity contribution >= 4 is 29.2 Å². The number of piperazine rings is 1. The van der Waals surface area contributed by atoms with Crippen molar-refractivity contribution < 1.29 is 28.6 Å². The zero-order chi connectivity index (χ0) is 26.4. The molecule has 0 spiro atoms. The minimum absolute atomic E-state index is 0.0109. The summed E-state index contributed by atoms with van der Waals surface area (Å²) in [6.07, 6.45) is 0. The molecule has 1 N–H and O–H groups in total. The maximum absolute atomic E-state index is 13.2. The van der Waals surface area contributed by atoms with Crippen LogP contribution in [0.5, 0.6) is 11.5 Å². The van der Waals surface area contributed by atoms with Gasteiger partial charge in [-0.3, -0.25) is 9.59 Å². The number of esters is 1. The van der Waals surface area contributed by atoms with Crippen LogP contribution in [0.1, 0.15) is 31.1 Å². The van der Waals surface area contributed by atoms with Gasteiger partial charge in [0.05, 0.1) is 38.3 Å². The summed E-state index contributed by atoms with van der Waals surface area (Å²) in [4.78, 5) is 42.1. The van der Waals surface area contributed by atoms with Gasteiger partial charge in [0.25, 0.3) is 11.8 Å². The third kappa shape index (κ3) is 5.66. The van der Waals surface area contributed by atoms with E-state index in [0.717, 1.165) is 5.69 Å². The quantitative estimate of drug-likeness (QED) is 0.491. The van der Waals surface area contributed by atoms with Crippen molar-refractivity contribution in [2.45, 2.75) is 0 Å². The monoisotopic (exact) mass is 503 g/mol. The Bertz CT molecular complexity index is 1290. The molecule has 1 aliphatic heterocycles. The van der Waals surface area contributed by atoms with Gasteiger partial charge in [-0.2, -0.15) is 0 Å². The maximum atomic E-state index is 13.2. The lowest BCUT2D eigenvalue weighted by Gasteiger charge is -2.37. The van der Waals surface area contributed by atoms with Gasteiger partial charge in [0.2, 0.25) is 0 Å². The van der Waals surface area contributed by atoms with Crippen molar-refractivity contribution in [1.82, 2.24) is 4.90 Å². The summed E-state index contributed by atoms with van der Waals surface area (Å²) in [6, 6.07) is 19.1. The molecule has 0 aromatic heterocycles. The first kappa shape index (κ1) is 25.6. The Labute approximate surface area is 215 Å². The fourth-order valence-corrected chi connectivity index (χ4v) is 4.24. The number of anilines is 2. The second-order valence-corrected chi connectivity index (χ2v) is 8.39. The lowest BCUT2D eigenvalue weighted by Crippen LogP contribution is -2.49. The molecule has 0 aliphatic carbocycles. The van der Waals surface area contributed by atoms with Crippen LogP contribution in [-0.2, 0) is 4.74 Å². The number of methoxy groups -OCH3 is 3. The van der Waals surface area contributed by atoms with Gasteiger partial charge in [-0.15, -0.1) is 0 Å². The zero-order valence-corrected chi connectivity index (χ0v) is 21.0. The van der Waals surface area contributed by atoms with E-state index in [-0.39, 0.29) is 11.8 Å². The molecule has 1 aliphatic rings. The molecule has 0 atom stereocenters. The number of nitrogens with zero attached hydrogens (tertiary/aromatic N) is 2. The highest BCUT2D eigenvalue weighted by molar-refractivity contribution is 6.07. The number of amides is 2. The number of hydrogen-bond donors (Lipinski definition) is 1. The smallest absolute Gasteiger partial charge is 0.337 e. The van der Waals surface area contributed by atoms with E-state index in [1.807, 2.05) is 35.2 Å². The van der Waals surface area contributed by atoms with E-state index in [1.54, 1.807) is 36.4 Å². The Balaban J connectivity index is 1.56. The van der Waals surface area contributed by atoms with E-state index in [0.29, 0.717) is 60.1 Å². The summed E-state index contributed by atoms with van der Waals surface area (Å²) >= 11 is 0. The molecular weight excluding hydrogens is 474 g/mol. The van der Waals surface area contributed by atoms with Gasteiger partial charge in [0, 0.05) is 37.3 Å². The molecule has 9 nitrogen and oxygen atoms in total. The molecule has 1 fully saturated rings. The third-order valence-corrected chi connectivity index (χ3v) is 6.24. The molecular formula is C28H29N3O6. The van der Waals surface area contributed by atoms with Gasteiger partial charge in [0.15, 0.2) is 11.5 Å². The zero-order valence-electron chi connectivity index (χ0n) is 21.0. The minimum Gasteiger partial charge on any atom is -0.493 e. The van der Waals surface area contributed by atoms with E-state index >= 15 is 0 Å². The molecule has 3 aromatic rings. The Morgan fingerprint density at radius 2 is 1.41 bits per heavy atom. The van der Waals surface area contributed by atoms with Crippen LogP contribution in [0.3, 0.4) is 0 Å². The maximum Gasteiger partial charge on any atom is 0.337 e. The normalized spacial score (nSPS) is 13.1. The van der Waals surface area contributed by atoms with E-state index < -0.39 is 5.97 Å². The fourth-order valence-electron chi connectivity index (χ4n) is 4.24. The number of carbonyl (C=O) groups is 3. The molecule has 0 bridgehead atoms. The van der Waals surface area contributed by atoms with Gasteiger partial charge >= 0.3 is 5.97 Å². The summed E-state index contributed by atoms with van der Waals surface area (Å²) in [5.74, 6) is 0.0464. The second kappa shape index (κ2) is 11.5. The third-order valence-electron chi connectivity index (χ3n) is 6.24. The van der Waals surface area contributed by atoms with Crippen LogP contribution < -0.4 is 19.7 Å². The Morgan fingerprint density at radius 3 is 2.05 bits per heavy atom. The van der Waals surface area contributed by atoms with Crippen molar-refractivity contribution in [3.8, 4) is 11.5 Å². The first-order valence-electron chi connectivity index (χ1n) is 11.8. The number of rotatable bonds is 7. The van der Waals surface area contributed by atoms with Crippen molar-refractivity contribution in [3.05, 3.63) is 83.4 Å². The molecule has 0 unspecified atom stereocenters. The average molecular weight is 504 g/mol. The molecule has 9 heteroatoms. The second-order valence-electron chi connectivity index (χ2n) is 8.39. The average Bonchev–Trinajstić information content (AvgIpc) is 2.96. The molecule has 1 heterocycles. The molecule has 3 aromatic carbocycles. The van der Waals surface area contributed by atoms with Crippen LogP contribution in [0.15, 0.2) is 66.7 Å². The van der Waals surface area contributed by atoms with Crippen molar-refractivity contribution in [3.63, 3.8) is 0 Å². The molecule has 2 amide bonds. The molecule has 1 saturated heterocycles. The molecule has 192 valence electrons. The summed E-state index contributed by atoms with van der Waals surface area (Å²) in [6.45, 7) is 2.18. The van der Waals surface area contributed by atoms with E-state index in [2.05, 4.69) is 10.2 Å². The standard InChI is InChI=1S/C28H29N3O6/c1-35-24-12-10-20(18-25(24)36-2)26(32)29-22-17-21(28(34)37-3)9-11-23(22)30-13-15-31(16-14-30)27(33)19-7-5-4-6-8-19/h4-12,17-18H,13-16H2,1-3H3,(H,29,32). The van der Waals surface area contributed by atoms with Crippen LogP contribution in [-0.4, -0.2) is 70.2 Å². The van der Waals surface area contributed by atoms with Crippen LogP contribution >= 0.6 is 0 Å². The minimum atomic E-state index is -0.508. The predicted octanol–water partition coefficient (Wildman–Crippen LogP) is 3.71. The predicted molar refractivity (Wildman–Crippen MR) is 140 cm³/mol. The molecule has 37 heavy (non-hydrogen) atoms. The number of benzene rings is 3. The van der Waals surface area contributed by atoms with Gasteiger partial charge in [-0.25, -0.2) is 4.79 Å². The first-order chi connectivity index (χ1) is 17.9. The number of hydrogen-bond acceptors (Lipinski definition) is 7. The van der Waals surface area contributed by atoms with Crippen LogP contribution in [0.4, 0.5) is 11.4 Å². The largest absolute Gasteiger partial charge is 0.493 e. The molecule has 4 rings (SSSR count). The van der Waals surface area contributed by atoms with Crippen LogP contribution in [0, 0.1) is 0 Å². The van der Waals surface area contributed by atoms with Gasteiger partial charge in [-0.1, -0.05) is 18.2 Å². The van der Waals surface area contributed by atoms with E-state index in [9.17, 15) is 14.4 Å². The Kier molecular flexibility index (Phi) is 7.92. The van der Waals surface area contributed by atoms with Crippen LogP contribution in [0.2, 0.25) is 0 Å². The van der Waals surface area contributed by atoms with Crippen molar-refractivity contribution in [2.24, 2.45) is 0 Å². The van der Waals surface area contributed by atoms with Gasteiger partial charge in [0.1, 0.15) is 0 Å². The molecule has 0 radical (unpaired) electrons. The Morgan fingerprint density at radius 1 is 0.730 bits per heavy atom. The SMILES string of the molecule is COC(=O)c1ccc(N2CCN(C(=O)c3ccccc3)CC2)c(NC(=O)c2ccc(OC)c(OC)c2)c1. The fraction of sp³-hybridized carbons (Fsp3) is 0.250. The Hall–Kier alpha value is -4.53. The van der Waals surface area contributed by atoms with Crippen molar-refractivity contribution in [1.29, 1.82) is 0 Å². The van der Waals surface area contributed by atoms with E-state index in [1.165, 1.54) is 21.3 Å². The number of carbonyl (C=O) groups excluding carboxylic acids is 3. The van der Waals surface area contributed by atoms with E-state index in [4.69, 9.17) is 14.2 Å². The number of nitrogens with one attached hydrogen (secondary N) is 1. The number of ether oxygens (including phenoxy) is 3. The topological polar surface area (TPSA) is 97.4 Å². The lowest BCUT2D eigenvalue weighted by molar-refractivity contribution is 0.0600. The highest BCUT2D eigenvalue weighted by Crippen LogP contribution is 2.31. The summed E-state index contributed by atoms with van der Waals surface area (Å²) in [5.41, 5.74) is 2.54. The summed E-state index contributed by atoms with van der Waals surface area (Å²) < 4.78 is 15.4. The van der Waals surface area contributed by atoms with Gasteiger partial charge < -0.3 is 29.3 Å². The highest BCUT2D eigenvalue weighted by atomic mass is 16.5. The van der Waals surface area contributed by atoms with Gasteiger partial charge in [-0.05, 0) is 48.5 Å².